The van der Waals surface area contributed by atoms with Crippen molar-refractivity contribution in [3.63, 3.8) is 0 Å². The number of aromatic amines is 1. The van der Waals surface area contributed by atoms with E-state index in [0.717, 1.165) is 26.4 Å². The first-order valence-corrected chi connectivity index (χ1v) is 18.0. The molecule has 2 aliphatic heterocycles. The summed E-state index contributed by atoms with van der Waals surface area (Å²) < 4.78 is 17.7. The second-order valence-electron chi connectivity index (χ2n) is 12.4. The maximum Gasteiger partial charge on any atom is 0.305 e. The van der Waals surface area contributed by atoms with Crippen LogP contribution in [-0.2, 0) is 14.4 Å². The first kappa shape index (κ1) is 31.2. The number of nitrogens with one attached hydrogen (secondary N) is 2. The molecule has 13 heteroatoms. The smallest absolute Gasteiger partial charge is 0.305 e. The topological polar surface area (TPSA) is 127 Å². The highest BCUT2D eigenvalue weighted by Crippen LogP contribution is 2.68. The Bertz CT molecular complexity index is 2000. The van der Waals surface area contributed by atoms with Crippen molar-refractivity contribution >= 4 is 68.1 Å². The summed E-state index contributed by atoms with van der Waals surface area (Å²) in [7, 11) is 3.12. The molecule has 0 radical (unpaired) electrons. The van der Waals surface area contributed by atoms with Crippen LogP contribution < -0.4 is 29.3 Å². The molecule has 3 fully saturated rings. The number of carbonyl (C=O) groups excluding carboxylic acids is 3. The molecule has 4 aliphatic rings. The molecule has 7 atom stereocenters. The van der Waals surface area contributed by atoms with Crippen LogP contribution in [0.4, 0.5) is 11.4 Å². The van der Waals surface area contributed by atoms with E-state index in [0.29, 0.717) is 28.6 Å². The lowest BCUT2D eigenvalue weighted by molar-refractivity contribution is -0.123. The Hall–Kier alpha value is -4.07. The summed E-state index contributed by atoms with van der Waals surface area (Å²) in [6.45, 7) is -0.228. The molecule has 0 spiro atoms. The number of thiazole rings is 1. The lowest BCUT2D eigenvalue weighted by Gasteiger charge is -2.43. The van der Waals surface area contributed by atoms with E-state index in [1.807, 2.05) is 24.3 Å². The maximum absolute atomic E-state index is 14.0. The molecule has 246 valence electrons. The Kier molecular flexibility index (Phi) is 7.88. The van der Waals surface area contributed by atoms with Gasteiger partial charge >= 0.3 is 4.87 Å². The van der Waals surface area contributed by atoms with Crippen LogP contribution in [-0.4, -0.2) is 48.8 Å². The number of fused-ring (bicyclic) bond motifs is 9. The fourth-order valence-corrected chi connectivity index (χ4v) is 11.4. The first-order valence-electron chi connectivity index (χ1n) is 15.5. The van der Waals surface area contributed by atoms with Gasteiger partial charge in [0.15, 0.2) is 18.1 Å². The van der Waals surface area contributed by atoms with Crippen LogP contribution in [0.1, 0.15) is 22.8 Å². The summed E-state index contributed by atoms with van der Waals surface area (Å²) in [4.78, 5) is 58.5. The number of aromatic nitrogens is 1. The SMILES string of the molecule is COc1ccc(NC(=O)COc2ccc([C@H]3c4sc(=O)[nH]c4SC4C3[C@H]3C[C@@H]4C4C(=O)N(c5ccc(Br)cc5)C(=O)C43)cc2OC)cc1. The van der Waals surface area contributed by atoms with E-state index < -0.39 is 5.92 Å². The zero-order valence-electron chi connectivity index (χ0n) is 25.8. The fraction of sp³-hybridized carbons (Fsp3) is 0.314. The second-order valence-corrected chi connectivity index (χ2v) is 15.5. The lowest BCUT2D eigenvalue weighted by atomic mass is 9.68. The van der Waals surface area contributed by atoms with Crippen LogP contribution in [0, 0.1) is 29.6 Å². The Morgan fingerprint density at radius 2 is 1.67 bits per heavy atom. The number of anilines is 2. The van der Waals surface area contributed by atoms with Crippen LogP contribution in [0.5, 0.6) is 17.2 Å². The second kappa shape index (κ2) is 12.1. The number of benzene rings is 3. The fourth-order valence-electron chi connectivity index (χ4n) is 8.25. The van der Waals surface area contributed by atoms with Crippen molar-refractivity contribution in [3.8, 4) is 17.2 Å². The number of ether oxygens (including phenoxy) is 3. The number of nitrogens with zero attached hydrogens (tertiary/aromatic N) is 1. The summed E-state index contributed by atoms with van der Waals surface area (Å²) >= 11 is 6.29. The van der Waals surface area contributed by atoms with Gasteiger partial charge in [0.25, 0.3) is 5.91 Å². The minimum Gasteiger partial charge on any atom is -0.497 e. The quantitative estimate of drug-likeness (QED) is 0.213. The van der Waals surface area contributed by atoms with Gasteiger partial charge in [0.05, 0.1) is 36.8 Å². The lowest BCUT2D eigenvalue weighted by Crippen LogP contribution is -2.42. The third-order valence-electron chi connectivity index (χ3n) is 10.1. The maximum atomic E-state index is 14.0. The number of imide groups is 1. The molecule has 1 aromatic heterocycles. The van der Waals surface area contributed by atoms with Gasteiger partial charge in [-0.25, -0.2) is 0 Å². The van der Waals surface area contributed by atoms with Crippen molar-refractivity contribution in [2.45, 2.75) is 22.6 Å². The highest BCUT2D eigenvalue weighted by molar-refractivity contribution is 9.10. The molecule has 3 heterocycles. The summed E-state index contributed by atoms with van der Waals surface area (Å²) in [6, 6.07) is 19.9. The molecule has 4 aromatic rings. The van der Waals surface area contributed by atoms with Gasteiger partial charge in [-0.1, -0.05) is 33.3 Å². The van der Waals surface area contributed by atoms with E-state index in [-0.39, 0.29) is 64.0 Å². The number of rotatable bonds is 8. The molecule has 48 heavy (non-hydrogen) atoms. The highest BCUT2D eigenvalue weighted by Gasteiger charge is 2.69. The molecular formula is C35H30BrN3O7S2. The van der Waals surface area contributed by atoms with E-state index in [1.165, 1.54) is 16.2 Å². The molecule has 2 bridgehead atoms. The van der Waals surface area contributed by atoms with Crippen LogP contribution in [0.15, 0.2) is 81.0 Å². The van der Waals surface area contributed by atoms with E-state index >= 15 is 0 Å². The number of hydrogen-bond donors (Lipinski definition) is 2. The molecule has 2 N–H and O–H groups in total. The minimum atomic E-state index is -0.401. The molecule has 8 rings (SSSR count). The van der Waals surface area contributed by atoms with Crippen LogP contribution in [0.2, 0.25) is 0 Å². The van der Waals surface area contributed by atoms with Crippen LogP contribution in [0.3, 0.4) is 0 Å². The van der Waals surface area contributed by atoms with Gasteiger partial charge in [-0.3, -0.25) is 24.1 Å². The molecule has 2 saturated carbocycles. The van der Waals surface area contributed by atoms with Gasteiger partial charge in [0.1, 0.15) is 5.75 Å². The van der Waals surface area contributed by atoms with Gasteiger partial charge in [-0.05, 0) is 90.4 Å². The zero-order chi connectivity index (χ0) is 33.3. The molecule has 4 unspecified atom stereocenters. The Morgan fingerprint density at radius 3 is 2.38 bits per heavy atom. The van der Waals surface area contributed by atoms with Crippen LogP contribution in [0.25, 0.3) is 0 Å². The Morgan fingerprint density at radius 1 is 0.938 bits per heavy atom. The number of thioether (sulfide) groups is 1. The minimum absolute atomic E-state index is 0.0136. The highest BCUT2D eigenvalue weighted by atomic mass is 79.9. The summed E-state index contributed by atoms with van der Waals surface area (Å²) in [5.41, 5.74) is 2.14. The Balaban J connectivity index is 1.07. The predicted molar refractivity (Wildman–Crippen MR) is 185 cm³/mol. The number of hydrogen-bond acceptors (Lipinski definition) is 9. The van der Waals surface area contributed by atoms with Gasteiger partial charge in [-0.15, -0.1) is 11.8 Å². The third-order valence-corrected chi connectivity index (χ3v) is 13.2. The molecule has 1 saturated heterocycles. The monoisotopic (exact) mass is 747 g/mol. The summed E-state index contributed by atoms with van der Waals surface area (Å²) in [6.07, 6.45) is 0.792. The van der Waals surface area contributed by atoms with Crippen molar-refractivity contribution < 1.29 is 28.6 Å². The zero-order valence-corrected chi connectivity index (χ0v) is 29.0. The predicted octanol–water partition coefficient (Wildman–Crippen LogP) is 5.91. The number of halogens is 1. The largest absolute Gasteiger partial charge is 0.497 e. The molecule has 3 aromatic carbocycles. The van der Waals surface area contributed by atoms with E-state index in [1.54, 1.807) is 68.4 Å². The number of H-pyrrole nitrogens is 1. The number of carbonyl (C=O) groups is 3. The normalized spacial score (nSPS) is 26.6. The first-order chi connectivity index (χ1) is 23.2. The van der Waals surface area contributed by atoms with Crippen molar-refractivity contribution in [3.05, 3.63) is 91.3 Å². The number of amides is 3. The van der Waals surface area contributed by atoms with Gasteiger partial charge in [-0.2, -0.15) is 0 Å². The van der Waals surface area contributed by atoms with Crippen molar-refractivity contribution in [1.29, 1.82) is 0 Å². The van der Waals surface area contributed by atoms with Gasteiger partial charge in [0, 0.05) is 26.2 Å². The molecule has 3 amide bonds. The van der Waals surface area contributed by atoms with E-state index in [2.05, 4.69) is 26.2 Å². The van der Waals surface area contributed by atoms with Crippen molar-refractivity contribution in [2.24, 2.45) is 29.6 Å². The van der Waals surface area contributed by atoms with Crippen molar-refractivity contribution in [2.75, 3.05) is 31.0 Å². The summed E-state index contributed by atoms with van der Waals surface area (Å²) in [5.74, 6) is 0.0333. The molecule has 10 nitrogen and oxygen atoms in total. The third kappa shape index (κ3) is 5.05. The summed E-state index contributed by atoms with van der Waals surface area (Å²) in [5, 5.41) is 3.70. The Labute approximate surface area is 292 Å². The van der Waals surface area contributed by atoms with E-state index in [9.17, 15) is 19.2 Å². The average Bonchev–Trinajstić information content (AvgIpc) is 3.83. The average molecular weight is 749 g/mol. The number of methoxy groups -OCH3 is 2. The van der Waals surface area contributed by atoms with E-state index in [4.69, 9.17) is 14.2 Å². The molecule has 2 aliphatic carbocycles. The van der Waals surface area contributed by atoms with Crippen molar-refractivity contribution in [1.82, 2.24) is 4.98 Å². The standard InChI is InChI=1S/C35H30BrN3O7S2/c1-44-20-10-6-18(7-11-20)37-25(40)15-46-23-12-3-16(13-24(23)45-2)26-27-21-14-22(30(27)47-32-31(26)48-35(43)38-32)29-28(21)33(41)39(34(29)42)19-8-4-17(36)5-9-19/h3-13,21-22,26-30H,14-15H2,1-2H3,(H,37,40)(H,38,43)/t21-,22-,26-,27?,28?,29?,30?/m1/s1. The van der Waals surface area contributed by atoms with Gasteiger partial charge in [0.2, 0.25) is 11.8 Å². The van der Waals surface area contributed by atoms with Crippen LogP contribution >= 0.6 is 39.0 Å². The van der Waals surface area contributed by atoms with Gasteiger partial charge < -0.3 is 24.5 Å². The molecular weight excluding hydrogens is 718 g/mol.